The van der Waals surface area contributed by atoms with Crippen LogP contribution < -0.4 is 5.32 Å². The van der Waals surface area contributed by atoms with Crippen LogP contribution in [0, 0.1) is 0 Å². The van der Waals surface area contributed by atoms with Crippen LogP contribution in [-0.2, 0) is 13.1 Å². The summed E-state index contributed by atoms with van der Waals surface area (Å²) in [6, 6.07) is 8.63. The van der Waals surface area contributed by atoms with Gasteiger partial charge in [0.05, 0.1) is 6.33 Å². The number of nitrogens with one attached hydrogen (secondary N) is 1. The van der Waals surface area contributed by atoms with Gasteiger partial charge in [-0.25, -0.2) is 4.98 Å². The van der Waals surface area contributed by atoms with E-state index in [9.17, 15) is 0 Å². The Morgan fingerprint density at radius 3 is 2.88 bits per heavy atom. The maximum Gasteiger partial charge on any atom is 0.193 e. The average molecular weight is 354 g/mol. The first-order chi connectivity index (χ1) is 12.7. The lowest BCUT2D eigenvalue weighted by atomic mass is 10.1. The summed E-state index contributed by atoms with van der Waals surface area (Å²) in [4.78, 5) is 10.7. The highest BCUT2D eigenvalue weighted by molar-refractivity contribution is 5.79. The number of imidazole rings is 1. The van der Waals surface area contributed by atoms with E-state index in [2.05, 4.69) is 62.7 Å². The van der Waals surface area contributed by atoms with Crippen LogP contribution in [0.4, 0.5) is 0 Å². The Balaban J connectivity index is 1.81. The van der Waals surface area contributed by atoms with E-state index in [4.69, 9.17) is 0 Å². The van der Waals surface area contributed by atoms with Gasteiger partial charge in [0.15, 0.2) is 5.96 Å². The highest BCUT2D eigenvalue weighted by Crippen LogP contribution is 2.08. The third kappa shape index (κ3) is 6.75. The molecule has 0 radical (unpaired) electrons. The fourth-order valence-corrected chi connectivity index (χ4v) is 2.92. The van der Waals surface area contributed by atoms with Gasteiger partial charge in [-0.05, 0) is 30.4 Å². The quantitative estimate of drug-likeness (QED) is 0.307. The minimum Gasteiger partial charge on any atom is -0.352 e. The van der Waals surface area contributed by atoms with Crippen LogP contribution >= 0.6 is 0 Å². The average Bonchev–Trinajstić information content (AvgIpc) is 3.15. The molecule has 0 fully saturated rings. The van der Waals surface area contributed by atoms with Gasteiger partial charge in [-0.15, -0.1) is 6.58 Å². The van der Waals surface area contributed by atoms with Crippen LogP contribution in [-0.4, -0.2) is 41.1 Å². The first-order valence-electron chi connectivity index (χ1n) is 9.29. The van der Waals surface area contributed by atoms with Crippen molar-refractivity contribution in [2.75, 3.05) is 20.6 Å². The van der Waals surface area contributed by atoms with E-state index in [1.165, 1.54) is 30.4 Å². The molecule has 0 aliphatic heterocycles. The number of nitrogens with zero attached hydrogens (tertiary/aromatic N) is 4. The van der Waals surface area contributed by atoms with Crippen LogP contribution in [0.1, 0.15) is 36.8 Å². The summed E-state index contributed by atoms with van der Waals surface area (Å²) in [5.41, 5.74) is 2.52. The van der Waals surface area contributed by atoms with Crippen LogP contribution in [0.15, 0.2) is 60.6 Å². The summed E-state index contributed by atoms with van der Waals surface area (Å²) in [7, 11) is 3.93. The van der Waals surface area contributed by atoms with Crippen LogP contribution in [0.2, 0.25) is 0 Å². The van der Waals surface area contributed by atoms with Crippen molar-refractivity contribution in [2.45, 2.75) is 38.8 Å². The van der Waals surface area contributed by atoms with Gasteiger partial charge in [0.2, 0.25) is 0 Å². The number of hydrogen-bond donors (Lipinski definition) is 1. The van der Waals surface area contributed by atoms with Crippen LogP contribution in [0.3, 0.4) is 0 Å². The van der Waals surface area contributed by atoms with Crippen LogP contribution in [0.5, 0.6) is 0 Å². The van der Waals surface area contributed by atoms with Gasteiger partial charge >= 0.3 is 0 Å². The zero-order valence-corrected chi connectivity index (χ0v) is 16.1. The van der Waals surface area contributed by atoms with Gasteiger partial charge in [0, 0.05) is 46.1 Å². The molecule has 2 rings (SSSR count). The molecule has 2 aromatic rings. The Bertz CT molecular complexity index is 675. The number of guanidine groups is 1. The molecule has 5 nitrogen and oxygen atoms in total. The van der Waals surface area contributed by atoms with Crippen molar-refractivity contribution in [3.63, 3.8) is 0 Å². The highest BCUT2D eigenvalue weighted by atomic mass is 15.3. The lowest BCUT2D eigenvalue weighted by Crippen LogP contribution is -2.39. The van der Waals surface area contributed by atoms with Crippen molar-refractivity contribution in [1.29, 1.82) is 0 Å². The lowest BCUT2D eigenvalue weighted by molar-refractivity contribution is 0.455. The number of aromatic nitrogens is 2. The lowest BCUT2D eigenvalue weighted by Gasteiger charge is -2.22. The van der Waals surface area contributed by atoms with Crippen molar-refractivity contribution >= 4 is 5.96 Å². The van der Waals surface area contributed by atoms with E-state index in [0.29, 0.717) is 0 Å². The summed E-state index contributed by atoms with van der Waals surface area (Å²) < 4.78 is 2.08. The second-order valence-electron chi connectivity index (χ2n) is 6.52. The fourth-order valence-electron chi connectivity index (χ4n) is 2.92. The zero-order valence-electron chi connectivity index (χ0n) is 16.1. The molecule has 0 spiro atoms. The Labute approximate surface area is 157 Å². The van der Waals surface area contributed by atoms with E-state index >= 15 is 0 Å². The molecule has 0 bridgehead atoms. The van der Waals surface area contributed by atoms with Crippen molar-refractivity contribution in [1.82, 2.24) is 19.8 Å². The van der Waals surface area contributed by atoms with Gasteiger partial charge in [-0.3, -0.25) is 4.99 Å². The molecule has 1 N–H and O–H groups in total. The molecule has 26 heavy (non-hydrogen) atoms. The molecule has 0 atom stereocenters. The summed E-state index contributed by atoms with van der Waals surface area (Å²) >= 11 is 0. The van der Waals surface area contributed by atoms with Gasteiger partial charge < -0.3 is 14.8 Å². The molecule has 0 saturated carbocycles. The van der Waals surface area contributed by atoms with Crippen molar-refractivity contribution in [3.8, 4) is 0 Å². The Kier molecular flexibility index (Phi) is 8.46. The zero-order chi connectivity index (χ0) is 18.6. The monoisotopic (exact) mass is 353 g/mol. The standard InChI is InChI=1S/C21H31N5/c1-4-5-6-7-8-13-25(3)21(22-2)24-16-19-10-9-11-20(15-19)17-26-14-12-23-18-26/h4,9-12,14-15,18H,1,5-8,13,16-17H2,2-3H3,(H,22,24). The summed E-state index contributed by atoms with van der Waals surface area (Å²) in [6.45, 7) is 6.39. The molecule has 0 saturated heterocycles. The molecule has 0 aliphatic rings. The summed E-state index contributed by atoms with van der Waals surface area (Å²) in [5.74, 6) is 0.939. The number of unbranched alkanes of at least 4 members (excludes halogenated alkanes) is 3. The molecule has 5 heteroatoms. The predicted molar refractivity (Wildman–Crippen MR) is 109 cm³/mol. The Hall–Kier alpha value is -2.56. The normalized spacial score (nSPS) is 11.4. The molecular weight excluding hydrogens is 322 g/mol. The van der Waals surface area contributed by atoms with Crippen molar-refractivity contribution in [3.05, 3.63) is 66.8 Å². The van der Waals surface area contributed by atoms with E-state index in [1.54, 1.807) is 0 Å². The molecule has 1 heterocycles. The summed E-state index contributed by atoms with van der Waals surface area (Å²) in [5, 5.41) is 3.46. The van der Waals surface area contributed by atoms with Gasteiger partial charge in [-0.2, -0.15) is 0 Å². The first-order valence-corrected chi connectivity index (χ1v) is 9.29. The number of hydrogen-bond acceptors (Lipinski definition) is 2. The number of rotatable bonds is 10. The van der Waals surface area contributed by atoms with Crippen molar-refractivity contribution in [2.24, 2.45) is 4.99 Å². The molecule has 0 amide bonds. The molecular formula is C21H31N5. The smallest absolute Gasteiger partial charge is 0.193 e. The van der Waals surface area contributed by atoms with E-state index in [1.807, 2.05) is 31.8 Å². The van der Waals surface area contributed by atoms with Crippen molar-refractivity contribution < 1.29 is 0 Å². The minimum absolute atomic E-state index is 0.769. The minimum atomic E-state index is 0.769. The maximum absolute atomic E-state index is 4.40. The van der Waals surface area contributed by atoms with E-state index < -0.39 is 0 Å². The third-order valence-corrected chi connectivity index (χ3v) is 4.34. The molecule has 0 aliphatic carbocycles. The Morgan fingerprint density at radius 1 is 1.31 bits per heavy atom. The second kappa shape index (κ2) is 11.1. The molecule has 1 aromatic heterocycles. The molecule has 140 valence electrons. The highest BCUT2D eigenvalue weighted by Gasteiger charge is 2.05. The van der Waals surface area contributed by atoms with Gasteiger partial charge in [0.1, 0.15) is 0 Å². The topological polar surface area (TPSA) is 45.5 Å². The van der Waals surface area contributed by atoms with E-state index in [-0.39, 0.29) is 0 Å². The fraction of sp³-hybridized carbons (Fsp3) is 0.429. The number of allylic oxidation sites excluding steroid dienone is 1. The first kappa shape index (κ1) is 19.8. The molecule has 1 aromatic carbocycles. The largest absolute Gasteiger partial charge is 0.352 e. The Morgan fingerprint density at radius 2 is 2.15 bits per heavy atom. The second-order valence-corrected chi connectivity index (χ2v) is 6.52. The summed E-state index contributed by atoms with van der Waals surface area (Å²) in [6.07, 6.45) is 12.3. The van der Waals surface area contributed by atoms with E-state index in [0.717, 1.165) is 32.0 Å². The predicted octanol–water partition coefficient (Wildman–Crippen LogP) is 3.69. The van der Waals surface area contributed by atoms with Crippen LogP contribution in [0.25, 0.3) is 0 Å². The number of benzene rings is 1. The number of aliphatic imine (C=N–C) groups is 1. The third-order valence-electron chi connectivity index (χ3n) is 4.34. The van der Waals surface area contributed by atoms with Gasteiger partial charge in [-0.1, -0.05) is 36.8 Å². The van der Waals surface area contributed by atoms with Gasteiger partial charge in [0.25, 0.3) is 0 Å². The SMILES string of the molecule is C=CCCCCCN(C)C(=NC)NCc1cccc(Cn2ccnc2)c1. The maximum atomic E-state index is 4.40. The molecule has 0 unspecified atom stereocenters.